The SMILES string of the molecule is [CH2-]c1cc(N(C)C)ccc1CCCCc1cccc2c1Cc1ccccc1-2.[Cl][Ti][Cl].[NH2-]. The molecule has 1 aliphatic rings. The first-order valence-corrected chi connectivity index (χ1v) is 14.6. The average molecular weight is 489 g/mol. The standard InChI is InChI=1S/C26H28N.2ClH.H2N.Ti/c1-19-17-23(27(2)3)16-15-20(19)9-4-5-10-21-12-8-14-25-24-13-7-6-11-22(24)18-26(21)25;;;;/h6-8,11-17H,1,4-5,9-10,18H2,2-3H3;2*1H;1H2;/q-1;;;-1;+2/p-2. The van der Waals surface area contributed by atoms with Gasteiger partial charge in [0.05, 0.1) is 0 Å². The fraction of sp³-hybridized carbons (Fsp3) is 0.269. The third-order valence-corrected chi connectivity index (χ3v) is 5.80. The molecule has 31 heavy (non-hydrogen) atoms. The zero-order chi connectivity index (χ0) is 21.5. The minimum Gasteiger partial charge on any atom is -0.693 e. The first-order chi connectivity index (χ1) is 14.5. The molecule has 0 aromatic heterocycles. The van der Waals surface area contributed by atoms with Crippen molar-refractivity contribution in [1.82, 2.24) is 0 Å². The fourth-order valence-corrected chi connectivity index (χ4v) is 4.22. The number of halogens is 2. The molecule has 4 rings (SSSR count). The molecule has 0 fully saturated rings. The van der Waals surface area contributed by atoms with E-state index in [1.165, 1.54) is 52.8 Å². The number of anilines is 1. The van der Waals surface area contributed by atoms with Crippen LogP contribution in [-0.2, 0) is 36.3 Å². The molecule has 0 bridgehead atoms. The molecule has 0 radical (unpaired) electrons. The van der Waals surface area contributed by atoms with E-state index in [1.54, 1.807) is 5.56 Å². The number of hydrogen-bond acceptors (Lipinski definition) is 1. The molecular formula is C26H30Cl2N2Ti-2. The van der Waals surface area contributed by atoms with E-state index in [0.29, 0.717) is 0 Å². The normalized spacial score (nSPS) is 10.8. The van der Waals surface area contributed by atoms with Crippen LogP contribution in [0.25, 0.3) is 17.3 Å². The number of hydrogen-bond donors (Lipinski definition) is 0. The van der Waals surface area contributed by atoms with Gasteiger partial charge in [-0.05, 0) is 52.8 Å². The largest absolute Gasteiger partial charge is 0.693 e. The van der Waals surface area contributed by atoms with E-state index in [0.717, 1.165) is 18.4 Å². The Kier molecular flexibility index (Phi) is 10.5. The molecule has 1 aliphatic carbocycles. The fourth-order valence-electron chi connectivity index (χ4n) is 4.22. The van der Waals surface area contributed by atoms with Crippen molar-refractivity contribution in [2.75, 3.05) is 19.0 Å². The Hall–Kier alpha value is -1.42. The summed E-state index contributed by atoms with van der Waals surface area (Å²) in [5.74, 6) is 0. The van der Waals surface area contributed by atoms with Gasteiger partial charge in [-0.3, -0.25) is 0 Å². The first-order valence-electron chi connectivity index (χ1n) is 10.3. The van der Waals surface area contributed by atoms with Gasteiger partial charge in [-0.15, -0.1) is 17.7 Å². The third-order valence-electron chi connectivity index (χ3n) is 5.80. The number of benzene rings is 3. The third kappa shape index (κ3) is 6.54. The topological polar surface area (TPSA) is 36.7 Å². The van der Waals surface area contributed by atoms with Gasteiger partial charge in [0.25, 0.3) is 0 Å². The van der Waals surface area contributed by atoms with E-state index in [4.69, 9.17) is 18.6 Å². The Morgan fingerprint density at radius 3 is 2.19 bits per heavy atom. The van der Waals surface area contributed by atoms with Gasteiger partial charge in [-0.2, -0.15) is 12.5 Å². The second-order valence-electron chi connectivity index (χ2n) is 7.90. The molecule has 3 aromatic rings. The van der Waals surface area contributed by atoms with Crippen molar-refractivity contribution in [3.05, 3.63) is 102 Å². The van der Waals surface area contributed by atoms with Crippen LogP contribution in [0.3, 0.4) is 0 Å². The van der Waals surface area contributed by atoms with Gasteiger partial charge in [0.2, 0.25) is 0 Å². The van der Waals surface area contributed by atoms with Crippen LogP contribution >= 0.6 is 18.6 Å². The molecule has 0 aliphatic heterocycles. The summed E-state index contributed by atoms with van der Waals surface area (Å²) in [6.45, 7) is 4.24. The van der Waals surface area contributed by atoms with Crippen molar-refractivity contribution in [1.29, 1.82) is 0 Å². The van der Waals surface area contributed by atoms with Gasteiger partial charge in [0.1, 0.15) is 0 Å². The van der Waals surface area contributed by atoms with E-state index >= 15 is 0 Å². The number of rotatable bonds is 6. The molecule has 5 heteroatoms. The van der Waals surface area contributed by atoms with Crippen molar-refractivity contribution < 1.29 is 17.0 Å². The van der Waals surface area contributed by atoms with Crippen molar-refractivity contribution in [2.24, 2.45) is 0 Å². The summed E-state index contributed by atoms with van der Waals surface area (Å²) in [5, 5.41) is 0. The molecule has 0 saturated carbocycles. The predicted molar refractivity (Wildman–Crippen MR) is 134 cm³/mol. The number of fused-ring (bicyclic) bond motifs is 3. The summed E-state index contributed by atoms with van der Waals surface area (Å²) < 4.78 is 0. The Bertz CT molecular complexity index is 989. The molecule has 2 nitrogen and oxygen atoms in total. The van der Waals surface area contributed by atoms with Crippen LogP contribution in [0.5, 0.6) is 0 Å². The van der Waals surface area contributed by atoms with Crippen molar-refractivity contribution in [2.45, 2.75) is 32.1 Å². The van der Waals surface area contributed by atoms with Crippen LogP contribution in [0.2, 0.25) is 0 Å². The van der Waals surface area contributed by atoms with Crippen molar-refractivity contribution in [3.8, 4) is 11.1 Å². The minimum atomic E-state index is -0.556. The van der Waals surface area contributed by atoms with E-state index in [2.05, 4.69) is 86.6 Å². The molecular weight excluding hydrogens is 459 g/mol. The molecule has 0 heterocycles. The maximum atomic E-state index is 4.89. The summed E-state index contributed by atoms with van der Waals surface area (Å²) in [4.78, 5) is 2.13. The first kappa shape index (κ1) is 25.8. The molecule has 0 amide bonds. The molecule has 0 spiro atoms. The van der Waals surface area contributed by atoms with Gasteiger partial charge in [0, 0.05) is 14.1 Å². The predicted octanol–water partition coefficient (Wildman–Crippen LogP) is 8.16. The van der Waals surface area contributed by atoms with Crippen molar-refractivity contribution >= 4 is 24.3 Å². The zero-order valence-corrected chi connectivity index (χ0v) is 21.4. The van der Waals surface area contributed by atoms with E-state index < -0.39 is 17.0 Å². The summed E-state index contributed by atoms with van der Waals surface area (Å²) in [6.07, 6.45) is 5.81. The summed E-state index contributed by atoms with van der Waals surface area (Å²) in [6, 6.07) is 22.3. The van der Waals surface area contributed by atoms with Crippen LogP contribution in [0, 0.1) is 6.92 Å². The average Bonchev–Trinajstić information content (AvgIpc) is 3.12. The van der Waals surface area contributed by atoms with Crippen LogP contribution in [0.1, 0.15) is 40.7 Å². The zero-order valence-electron chi connectivity index (χ0n) is 18.3. The van der Waals surface area contributed by atoms with E-state index in [1.807, 2.05) is 0 Å². The summed E-state index contributed by atoms with van der Waals surface area (Å²) >= 11 is -0.556. The summed E-state index contributed by atoms with van der Waals surface area (Å²) in [5.41, 5.74) is 11.2. The number of unbranched alkanes of at least 4 members (excludes halogenated alkanes) is 1. The molecule has 0 saturated heterocycles. The second kappa shape index (κ2) is 12.6. The number of nitrogens with two attached hydrogens (primary N) is 1. The molecule has 2 N–H and O–H groups in total. The molecule has 0 atom stereocenters. The Morgan fingerprint density at radius 1 is 0.871 bits per heavy atom. The van der Waals surface area contributed by atoms with Gasteiger partial charge < -0.3 is 11.1 Å². The van der Waals surface area contributed by atoms with Crippen LogP contribution in [-0.4, -0.2) is 14.1 Å². The van der Waals surface area contributed by atoms with E-state index in [9.17, 15) is 0 Å². The smallest absolute Gasteiger partial charge is 0.693 e. The summed E-state index contributed by atoms with van der Waals surface area (Å²) in [7, 11) is 13.9. The van der Waals surface area contributed by atoms with Gasteiger partial charge in [-0.25, -0.2) is 0 Å². The minimum absolute atomic E-state index is 0. The monoisotopic (exact) mass is 488 g/mol. The second-order valence-corrected chi connectivity index (χ2v) is 10.5. The maximum absolute atomic E-state index is 4.89. The number of nitrogens with zero attached hydrogens (tertiary/aromatic N) is 1. The quantitative estimate of drug-likeness (QED) is 0.153. The van der Waals surface area contributed by atoms with E-state index in [-0.39, 0.29) is 6.15 Å². The Morgan fingerprint density at radius 2 is 1.52 bits per heavy atom. The van der Waals surface area contributed by atoms with Crippen LogP contribution in [0.15, 0.2) is 60.7 Å². The number of aryl methyl sites for hydroxylation is 2. The van der Waals surface area contributed by atoms with Crippen LogP contribution < -0.4 is 4.90 Å². The molecule has 164 valence electrons. The van der Waals surface area contributed by atoms with Gasteiger partial charge in [-0.1, -0.05) is 61.4 Å². The van der Waals surface area contributed by atoms with Crippen LogP contribution in [0.4, 0.5) is 5.69 Å². The maximum Gasteiger partial charge on any atom is -0.693 e. The molecule has 0 unspecified atom stereocenters. The van der Waals surface area contributed by atoms with Gasteiger partial charge >= 0.3 is 35.6 Å². The Labute approximate surface area is 204 Å². The van der Waals surface area contributed by atoms with Gasteiger partial charge in [0.15, 0.2) is 0 Å². The molecule has 3 aromatic carbocycles. The van der Waals surface area contributed by atoms with Crippen molar-refractivity contribution in [3.63, 3.8) is 0 Å². The Balaban J connectivity index is 0.000000808.